The molecule has 6 rings (SSSR count). The molecule has 270 valence electrons. The van der Waals surface area contributed by atoms with E-state index in [-0.39, 0.29) is 41.4 Å². The molecule has 1 atom stereocenters. The summed E-state index contributed by atoms with van der Waals surface area (Å²) in [5.74, 6) is -0.151. The number of aliphatic hydroxyl groups is 1. The van der Waals surface area contributed by atoms with E-state index in [1.54, 1.807) is 12.1 Å². The van der Waals surface area contributed by atoms with E-state index in [2.05, 4.69) is 15.6 Å². The van der Waals surface area contributed by atoms with E-state index in [4.69, 9.17) is 5.73 Å². The minimum absolute atomic E-state index is 0.0571. The van der Waals surface area contributed by atoms with Crippen LogP contribution in [0.4, 0.5) is 16.2 Å². The largest absolute Gasteiger partial charge is 0.506 e. The van der Waals surface area contributed by atoms with E-state index >= 15 is 0 Å². The molecular weight excluding hydrogens is 658 g/mol. The van der Waals surface area contributed by atoms with Gasteiger partial charge in [0.1, 0.15) is 5.75 Å². The van der Waals surface area contributed by atoms with Gasteiger partial charge >= 0.3 is 6.09 Å². The number of benzene rings is 4. The number of carbonyl (C=O) groups excluding carboxylic acids is 1. The van der Waals surface area contributed by atoms with Crippen molar-refractivity contribution in [3.05, 3.63) is 124 Å². The number of carbonyl (C=O) groups is 2. The van der Waals surface area contributed by atoms with Crippen LogP contribution in [0.3, 0.4) is 0 Å². The number of hydrogen-bond acceptors (Lipinski definition) is 7. The number of aliphatic hydroxyl groups excluding tert-OH is 1. The summed E-state index contributed by atoms with van der Waals surface area (Å²) in [4.78, 5) is 41.2. The first-order valence-electron chi connectivity index (χ1n) is 17.7. The third-order valence-electron chi connectivity index (χ3n) is 9.76. The Balaban J connectivity index is 1.01. The summed E-state index contributed by atoms with van der Waals surface area (Å²) in [6.45, 7) is 0.738. The standard InChI is InChI=1S/C41H45N5O6/c42-29-12-16-31(17-13-29)46(41(51)52)35-20-11-26(23-34(35)28-6-2-1-3-7-28)5-4-8-38(49)44-30-14-9-27(10-15-30)24-43-25-37(48)32-18-21-36(47)40-33(32)19-22-39(50)45-40/h1-3,6-7,9-11,14-15,18-23,29,31,37,43,47-48H,4-5,8,12-13,16-17,24-25,42H2,(H,44,49)(H,45,50)(H,51,52)/t29-,31-,37?. The first-order chi connectivity index (χ1) is 25.2. The lowest BCUT2D eigenvalue weighted by Gasteiger charge is -2.35. The molecule has 0 radical (unpaired) electrons. The van der Waals surface area contributed by atoms with Crippen LogP contribution in [0, 0.1) is 0 Å². The molecule has 5 aromatic rings. The fraction of sp³-hybridized carbons (Fsp3) is 0.293. The molecule has 1 heterocycles. The van der Waals surface area contributed by atoms with E-state index in [0.29, 0.717) is 48.1 Å². The number of nitrogens with zero attached hydrogens (tertiary/aromatic N) is 1. The van der Waals surface area contributed by atoms with Gasteiger partial charge in [-0.05, 0) is 97.2 Å². The predicted octanol–water partition coefficient (Wildman–Crippen LogP) is 6.44. The lowest BCUT2D eigenvalue weighted by molar-refractivity contribution is -0.116. The topological polar surface area (TPSA) is 181 Å². The maximum absolute atomic E-state index is 12.8. The Hall–Kier alpha value is -5.49. The number of aryl methyl sites for hydroxylation is 1. The molecule has 4 aromatic carbocycles. The molecule has 0 spiro atoms. The molecule has 0 aliphatic heterocycles. The number of amides is 2. The molecule has 1 fully saturated rings. The Morgan fingerprint density at radius 1 is 0.904 bits per heavy atom. The molecule has 52 heavy (non-hydrogen) atoms. The van der Waals surface area contributed by atoms with Crippen LogP contribution in [-0.2, 0) is 17.8 Å². The number of nitrogens with two attached hydrogens (primary N) is 1. The molecule has 11 heteroatoms. The second kappa shape index (κ2) is 16.7. The van der Waals surface area contributed by atoms with Gasteiger partial charge < -0.3 is 36.7 Å². The Morgan fingerprint density at radius 3 is 2.37 bits per heavy atom. The first-order valence-corrected chi connectivity index (χ1v) is 17.7. The van der Waals surface area contributed by atoms with Crippen molar-refractivity contribution in [2.24, 2.45) is 5.73 Å². The van der Waals surface area contributed by atoms with Crippen molar-refractivity contribution < 1.29 is 24.9 Å². The van der Waals surface area contributed by atoms with Crippen molar-refractivity contribution in [3.63, 3.8) is 0 Å². The highest BCUT2D eigenvalue weighted by atomic mass is 16.4. The van der Waals surface area contributed by atoms with Crippen LogP contribution in [-0.4, -0.2) is 50.9 Å². The van der Waals surface area contributed by atoms with Gasteiger partial charge in [-0.2, -0.15) is 0 Å². The smallest absolute Gasteiger partial charge is 0.412 e. The maximum Gasteiger partial charge on any atom is 0.412 e. The summed E-state index contributed by atoms with van der Waals surface area (Å²) < 4.78 is 0. The number of aromatic amines is 1. The zero-order valence-corrected chi connectivity index (χ0v) is 28.9. The number of carboxylic acid groups (broad SMARTS) is 1. The Labute approximate surface area is 302 Å². The van der Waals surface area contributed by atoms with E-state index < -0.39 is 12.2 Å². The van der Waals surface area contributed by atoms with Crippen molar-refractivity contribution in [2.45, 2.75) is 69.7 Å². The highest BCUT2D eigenvalue weighted by molar-refractivity contribution is 5.94. The molecular formula is C41H45N5O6. The van der Waals surface area contributed by atoms with Crippen LogP contribution in [0.25, 0.3) is 22.0 Å². The highest BCUT2D eigenvalue weighted by Gasteiger charge is 2.30. The highest BCUT2D eigenvalue weighted by Crippen LogP contribution is 2.36. The fourth-order valence-electron chi connectivity index (χ4n) is 7.01. The van der Waals surface area contributed by atoms with E-state index in [1.807, 2.05) is 72.8 Å². The maximum atomic E-state index is 12.8. The molecule has 2 amide bonds. The molecule has 1 saturated carbocycles. The van der Waals surface area contributed by atoms with Gasteiger partial charge in [0.15, 0.2) is 0 Å². The molecule has 1 aliphatic rings. The van der Waals surface area contributed by atoms with Gasteiger partial charge in [-0.3, -0.25) is 14.5 Å². The summed E-state index contributed by atoms with van der Waals surface area (Å²) in [5.41, 5.74) is 11.8. The normalized spacial score (nSPS) is 16.3. The number of fused-ring (bicyclic) bond motifs is 1. The van der Waals surface area contributed by atoms with Gasteiger partial charge in [0, 0.05) is 54.3 Å². The summed E-state index contributed by atoms with van der Waals surface area (Å²) in [5, 5.41) is 38.0. The van der Waals surface area contributed by atoms with Crippen molar-refractivity contribution >= 4 is 34.3 Å². The van der Waals surface area contributed by atoms with Gasteiger partial charge in [0.05, 0.1) is 17.3 Å². The van der Waals surface area contributed by atoms with Crippen molar-refractivity contribution in [2.75, 3.05) is 16.8 Å². The number of H-pyrrole nitrogens is 1. The van der Waals surface area contributed by atoms with Gasteiger partial charge in [0.2, 0.25) is 11.5 Å². The molecule has 8 N–H and O–H groups in total. The van der Waals surface area contributed by atoms with Crippen molar-refractivity contribution in [1.82, 2.24) is 10.3 Å². The third kappa shape index (κ3) is 8.86. The third-order valence-corrected chi connectivity index (χ3v) is 9.76. The minimum atomic E-state index is -0.968. The number of aromatic nitrogens is 1. The Bertz CT molecular complexity index is 2060. The lowest BCUT2D eigenvalue weighted by atomic mass is 9.89. The number of phenols is 1. The monoisotopic (exact) mass is 703 g/mol. The minimum Gasteiger partial charge on any atom is -0.506 e. The number of hydrogen-bond donors (Lipinski definition) is 7. The Kier molecular flexibility index (Phi) is 11.6. The molecule has 11 nitrogen and oxygen atoms in total. The number of anilines is 2. The molecule has 0 saturated heterocycles. The van der Waals surface area contributed by atoms with Gasteiger partial charge in [-0.25, -0.2) is 4.79 Å². The molecule has 1 aromatic heterocycles. The van der Waals surface area contributed by atoms with Crippen molar-refractivity contribution in [3.8, 4) is 16.9 Å². The molecule has 1 aliphatic carbocycles. The second-order valence-electron chi connectivity index (χ2n) is 13.5. The van der Waals surface area contributed by atoms with Gasteiger partial charge in [0.25, 0.3) is 0 Å². The average molecular weight is 704 g/mol. The zero-order chi connectivity index (χ0) is 36.6. The SMILES string of the molecule is N[C@H]1CC[C@H](N(C(=O)O)c2ccc(CCCC(=O)Nc3ccc(CNCC(O)c4ccc(O)c5[nH]c(=O)ccc45)cc3)cc2-c2ccccc2)CC1. The van der Waals surface area contributed by atoms with Crippen LogP contribution >= 0.6 is 0 Å². The average Bonchev–Trinajstić information content (AvgIpc) is 3.14. The van der Waals surface area contributed by atoms with E-state index in [1.165, 1.54) is 17.0 Å². The number of nitrogens with one attached hydrogen (secondary N) is 3. The van der Waals surface area contributed by atoms with E-state index in [0.717, 1.165) is 47.9 Å². The van der Waals surface area contributed by atoms with E-state index in [9.17, 15) is 29.7 Å². The Morgan fingerprint density at radius 2 is 1.63 bits per heavy atom. The number of aromatic hydroxyl groups is 1. The summed E-state index contributed by atoms with van der Waals surface area (Å²) in [6.07, 6.45) is 2.84. The predicted molar refractivity (Wildman–Crippen MR) is 204 cm³/mol. The summed E-state index contributed by atoms with van der Waals surface area (Å²) in [7, 11) is 0. The quantitative estimate of drug-likeness (QED) is 0.0732. The number of rotatable bonds is 13. The number of phenolic OH excluding ortho intramolecular Hbond substituents is 1. The zero-order valence-electron chi connectivity index (χ0n) is 28.9. The van der Waals surface area contributed by atoms with Crippen LogP contribution in [0.2, 0.25) is 0 Å². The van der Waals surface area contributed by atoms with Crippen LogP contribution < -0.4 is 26.8 Å². The fourth-order valence-corrected chi connectivity index (χ4v) is 7.01. The van der Waals surface area contributed by atoms with Crippen LogP contribution in [0.5, 0.6) is 5.75 Å². The lowest BCUT2D eigenvalue weighted by Crippen LogP contribution is -2.44. The summed E-state index contributed by atoms with van der Waals surface area (Å²) >= 11 is 0. The van der Waals surface area contributed by atoms with Crippen LogP contribution in [0.15, 0.2) is 102 Å². The molecule has 1 unspecified atom stereocenters. The first kappa shape index (κ1) is 36.3. The van der Waals surface area contributed by atoms with Gasteiger partial charge in [-0.15, -0.1) is 0 Å². The molecule has 0 bridgehead atoms. The van der Waals surface area contributed by atoms with Crippen LogP contribution in [0.1, 0.15) is 61.3 Å². The number of pyridine rings is 1. The summed E-state index contributed by atoms with van der Waals surface area (Å²) in [6, 6.07) is 29.2. The second-order valence-corrected chi connectivity index (χ2v) is 13.5. The van der Waals surface area contributed by atoms with Crippen molar-refractivity contribution in [1.29, 1.82) is 0 Å². The van der Waals surface area contributed by atoms with Gasteiger partial charge in [-0.1, -0.05) is 54.6 Å².